The van der Waals surface area contributed by atoms with Crippen molar-refractivity contribution in [3.05, 3.63) is 52.4 Å². The third-order valence-electron chi connectivity index (χ3n) is 5.34. The fourth-order valence-electron chi connectivity index (χ4n) is 3.63. The zero-order valence-electron chi connectivity index (χ0n) is 16.6. The van der Waals surface area contributed by atoms with Gasteiger partial charge in [0.25, 0.3) is 5.91 Å². The molecule has 1 aromatic heterocycles. The summed E-state index contributed by atoms with van der Waals surface area (Å²) in [6.45, 7) is 1.31. The Labute approximate surface area is 180 Å². The highest BCUT2D eigenvalue weighted by Crippen LogP contribution is 2.22. The van der Waals surface area contributed by atoms with Crippen molar-refractivity contribution in [3.8, 4) is 0 Å². The Bertz CT molecular complexity index is 918. The molecule has 1 aliphatic rings. The number of hydrogen-bond donors (Lipinski definition) is 1. The fourth-order valence-corrected chi connectivity index (χ4v) is 5.14. The normalized spacial score (nSPS) is 15.6. The van der Waals surface area contributed by atoms with Crippen LogP contribution in [-0.2, 0) is 15.6 Å². The van der Waals surface area contributed by atoms with Crippen LogP contribution in [0.25, 0.3) is 0 Å². The molecule has 1 amide bonds. The van der Waals surface area contributed by atoms with Gasteiger partial charge >= 0.3 is 0 Å². The molecular weight excluding hydrogens is 456 g/mol. The van der Waals surface area contributed by atoms with E-state index < -0.39 is 9.84 Å². The molecule has 0 saturated heterocycles. The number of benzene rings is 1. The van der Waals surface area contributed by atoms with Gasteiger partial charge < -0.3 is 14.6 Å². The first-order chi connectivity index (χ1) is 13.8. The quantitative estimate of drug-likeness (QED) is 0.614. The second-order valence-corrected chi connectivity index (χ2v) is 10.4. The molecule has 6 nitrogen and oxygen atoms in total. The molecule has 29 heavy (non-hydrogen) atoms. The van der Waals surface area contributed by atoms with Crippen molar-refractivity contribution in [1.29, 1.82) is 0 Å². The lowest BCUT2D eigenvalue weighted by molar-refractivity contribution is 0.0915. The first kappa shape index (κ1) is 22.1. The molecule has 2 aromatic rings. The lowest BCUT2D eigenvalue weighted by atomic mass is 9.94. The van der Waals surface area contributed by atoms with Crippen molar-refractivity contribution < 1.29 is 17.6 Å². The van der Waals surface area contributed by atoms with Crippen molar-refractivity contribution in [2.24, 2.45) is 0 Å². The summed E-state index contributed by atoms with van der Waals surface area (Å²) in [4.78, 5) is 14.8. The van der Waals surface area contributed by atoms with E-state index in [2.05, 4.69) is 33.2 Å². The third-order valence-corrected chi connectivity index (χ3v) is 7.52. The van der Waals surface area contributed by atoms with E-state index in [1.165, 1.54) is 38.2 Å². The second kappa shape index (κ2) is 9.91. The standard InChI is InChI=1S/C21H27BrN2O4S/c1-24(17-5-3-2-4-6-17)14-13-23-21(25)20-12-9-18(28-20)15-29(26,27)19-10-7-16(22)8-11-19/h7-12,17H,2-6,13-15H2,1H3,(H,23,25). The number of hydrogen-bond acceptors (Lipinski definition) is 5. The largest absolute Gasteiger partial charge is 0.455 e. The van der Waals surface area contributed by atoms with Gasteiger partial charge in [0, 0.05) is 23.6 Å². The molecule has 0 unspecified atom stereocenters. The maximum absolute atomic E-state index is 12.5. The minimum atomic E-state index is -3.54. The van der Waals surface area contributed by atoms with E-state index >= 15 is 0 Å². The number of nitrogens with one attached hydrogen (secondary N) is 1. The van der Waals surface area contributed by atoms with Crippen LogP contribution < -0.4 is 5.32 Å². The lowest BCUT2D eigenvalue weighted by Gasteiger charge is -2.31. The van der Waals surface area contributed by atoms with Crippen LogP contribution in [0.2, 0.25) is 0 Å². The summed E-state index contributed by atoms with van der Waals surface area (Å²) in [5, 5.41) is 2.85. The van der Waals surface area contributed by atoms with E-state index in [4.69, 9.17) is 4.42 Å². The fraction of sp³-hybridized carbons (Fsp3) is 0.476. The van der Waals surface area contributed by atoms with Gasteiger partial charge in [-0.1, -0.05) is 35.2 Å². The van der Waals surface area contributed by atoms with E-state index in [1.54, 1.807) is 30.3 Å². The number of amides is 1. The molecule has 0 aliphatic heterocycles. The van der Waals surface area contributed by atoms with Crippen LogP contribution in [0.3, 0.4) is 0 Å². The van der Waals surface area contributed by atoms with Gasteiger partial charge in [-0.15, -0.1) is 0 Å². The van der Waals surface area contributed by atoms with Crippen molar-refractivity contribution in [2.45, 2.75) is 48.8 Å². The second-order valence-electron chi connectivity index (χ2n) is 7.51. The topological polar surface area (TPSA) is 79.6 Å². The van der Waals surface area contributed by atoms with E-state index in [1.807, 2.05) is 0 Å². The average molecular weight is 483 g/mol. The van der Waals surface area contributed by atoms with Gasteiger partial charge in [-0.05, 0) is 56.3 Å². The van der Waals surface area contributed by atoms with Crippen LogP contribution in [0.15, 0.2) is 50.2 Å². The van der Waals surface area contributed by atoms with Gasteiger partial charge in [0.1, 0.15) is 11.5 Å². The molecule has 1 N–H and O–H groups in total. The highest BCUT2D eigenvalue weighted by atomic mass is 79.9. The molecule has 0 bridgehead atoms. The first-order valence-corrected chi connectivity index (χ1v) is 12.4. The summed E-state index contributed by atoms with van der Waals surface area (Å²) in [5.74, 6) is -0.232. The molecule has 1 fully saturated rings. The number of carbonyl (C=O) groups is 1. The number of rotatable bonds is 8. The van der Waals surface area contributed by atoms with Gasteiger partial charge in [0.2, 0.25) is 0 Å². The van der Waals surface area contributed by atoms with Gasteiger partial charge in [-0.2, -0.15) is 0 Å². The number of sulfone groups is 1. The van der Waals surface area contributed by atoms with Crippen LogP contribution in [0.5, 0.6) is 0 Å². The predicted molar refractivity (Wildman–Crippen MR) is 116 cm³/mol. The summed E-state index contributed by atoms with van der Waals surface area (Å²) < 4.78 is 31.3. The molecule has 0 atom stereocenters. The molecule has 1 saturated carbocycles. The molecule has 8 heteroatoms. The number of nitrogens with zero attached hydrogens (tertiary/aromatic N) is 1. The summed E-state index contributed by atoms with van der Waals surface area (Å²) in [6.07, 6.45) is 6.32. The SMILES string of the molecule is CN(CCNC(=O)c1ccc(CS(=O)(=O)c2ccc(Br)cc2)o1)C1CCCCC1. The Morgan fingerprint density at radius 2 is 1.83 bits per heavy atom. The van der Waals surface area contributed by atoms with Crippen molar-refractivity contribution in [1.82, 2.24) is 10.2 Å². The predicted octanol–water partition coefficient (Wildman–Crippen LogP) is 4.01. The minimum absolute atomic E-state index is 0.131. The van der Waals surface area contributed by atoms with Gasteiger partial charge in [0.15, 0.2) is 15.6 Å². The summed E-state index contributed by atoms with van der Waals surface area (Å²) in [5.41, 5.74) is 0. The monoisotopic (exact) mass is 482 g/mol. The van der Waals surface area contributed by atoms with E-state index in [9.17, 15) is 13.2 Å². The van der Waals surface area contributed by atoms with Crippen molar-refractivity contribution in [3.63, 3.8) is 0 Å². The van der Waals surface area contributed by atoms with Crippen molar-refractivity contribution >= 4 is 31.7 Å². The van der Waals surface area contributed by atoms with Crippen LogP contribution >= 0.6 is 15.9 Å². The van der Waals surface area contributed by atoms with Crippen LogP contribution in [-0.4, -0.2) is 45.4 Å². The molecule has 1 aliphatic carbocycles. The van der Waals surface area contributed by atoms with Gasteiger partial charge in [-0.25, -0.2) is 8.42 Å². The highest BCUT2D eigenvalue weighted by molar-refractivity contribution is 9.10. The summed E-state index contributed by atoms with van der Waals surface area (Å²) >= 11 is 3.29. The van der Waals surface area contributed by atoms with Crippen LogP contribution in [0.1, 0.15) is 48.4 Å². The molecule has 3 rings (SSSR count). The van der Waals surface area contributed by atoms with Gasteiger partial charge in [-0.3, -0.25) is 4.79 Å². The minimum Gasteiger partial charge on any atom is -0.455 e. The number of halogens is 1. The van der Waals surface area contributed by atoms with Gasteiger partial charge in [0.05, 0.1) is 4.90 Å². The highest BCUT2D eigenvalue weighted by Gasteiger charge is 2.20. The molecular formula is C21H27BrN2O4S. The number of carbonyl (C=O) groups excluding carboxylic acids is 1. The number of furan rings is 1. The first-order valence-electron chi connectivity index (χ1n) is 9.90. The van der Waals surface area contributed by atoms with E-state index in [0.717, 1.165) is 11.0 Å². The maximum atomic E-state index is 12.5. The van der Waals surface area contributed by atoms with Crippen molar-refractivity contribution in [2.75, 3.05) is 20.1 Å². The Morgan fingerprint density at radius 1 is 1.14 bits per heavy atom. The Kier molecular flexibility index (Phi) is 7.54. The molecule has 158 valence electrons. The van der Waals surface area contributed by atoms with Crippen LogP contribution in [0.4, 0.5) is 0 Å². The Morgan fingerprint density at radius 3 is 2.52 bits per heavy atom. The smallest absolute Gasteiger partial charge is 0.287 e. The molecule has 1 aromatic carbocycles. The van der Waals surface area contributed by atoms with E-state index in [-0.39, 0.29) is 28.1 Å². The zero-order valence-corrected chi connectivity index (χ0v) is 19.0. The Hall–Kier alpha value is -1.64. The zero-order chi connectivity index (χ0) is 20.9. The number of likely N-dealkylation sites (N-methyl/N-ethyl adjacent to an activating group) is 1. The van der Waals surface area contributed by atoms with Crippen LogP contribution in [0, 0.1) is 0 Å². The summed E-state index contributed by atoms with van der Waals surface area (Å²) in [7, 11) is -1.44. The third kappa shape index (κ3) is 6.17. The maximum Gasteiger partial charge on any atom is 0.287 e. The molecule has 0 radical (unpaired) electrons. The lowest BCUT2D eigenvalue weighted by Crippen LogP contribution is -2.39. The summed E-state index contributed by atoms with van der Waals surface area (Å²) in [6, 6.07) is 10.1. The van der Waals surface area contributed by atoms with E-state index in [0.29, 0.717) is 12.6 Å². The Balaban J connectivity index is 1.51. The average Bonchev–Trinajstić information content (AvgIpc) is 3.16. The molecule has 1 heterocycles. The molecule has 0 spiro atoms.